The smallest absolute Gasteiger partial charge is 0.192 e. The Balaban J connectivity index is 2.04. The number of aliphatic imine (C=N–C) groups is 1. The van der Waals surface area contributed by atoms with Crippen LogP contribution in [0.1, 0.15) is 31.0 Å². The van der Waals surface area contributed by atoms with Crippen LogP contribution in [-0.2, 0) is 6.54 Å². The van der Waals surface area contributed by atoms with E-state index in [0.717, 1.165) is 18.1 Å². The molecule has 0 aliphatic carbocycles. The molecule has 0 radical (unpaired) electrons. The normalized spacial score (nSPS) is 12.7. The van der Waals surface area contributed by atoms with Gasteiger partial charge in [0.1, 0.15) is 5.75 Å². The molecule has 0 bridgehead atoms. The van der Waals surface area contributed by atoms with Gasteiger partial charge in [-0.05, 0) is 37.1 Å². The number of benzene rings is 2. The van der Waals surface area contributed by atoms with Crippen molar-refractivity contribution in [3.8, 4) is 5.75 Å². The Morgan fingerprint density at radius 3 is 2.59 bits per heavy atom. The van der Waals surface area contributed by atoms with Crippen molar-refractivity contribution in [1.82, 2.24) is 10.6 Å². The Labute approximate surface area is 131 Å². The van der Waals surface area contributed by atoms with E-state index in [1.807, 2.05) is 37.3 Å². The fourth-order valence-electron chi connectivity index (χ4n) is 2.18. The minimum Gasteiger partial charge on any atom is -0.508 e. The SMILES string of the molecule is CCNC(=NCc1cccc(O)c1)NC(C)c1ccccc1. The van der Waals surface area contributed by atoms with Gasteiger partial charge in [-0.25, -0.2) is 4.99 Å². The standard InChI is InChI=1S/C18H23N3O/c1-3-19-18(20-13-15-8-7-11-17(22)12-15)21-14(2)16-9-5-4-6-10-16/h4-12,14,22H,3,13H2,1-2H3,(H2,19,20,21). The largest absolute Gasteiger partial charge is 0.508 e. The van der Waals surface area contributed by atoms with Crippen LogP contribution in [0.2, 0.25) is 0 Å². The summed E-state index contributed by atoms with van der Waals surface area (Å²) >= 11 is 0. The molecule has 0 spiro atoms. The van der Waals surface area contributed by atoms with Gasteiger partial charge in [0.05, 0.1) is 12.6 Å². The highest BCUT2D eigenvalue weighted by Gasteiger charge is 2.07. The molecule has 0 heterocycles. The van der Waals surface area contributed by atoms with Crippen LogP contribution in [0, 0.1) is 0 Å². The molecule has 0 aliphatic rings. The highest BCUT2D eigenvalue weighted by Crippen LogP contribution is 2.13. The summed E-state index contributed by atoms with van der Waals surface area (Å²) in [6, 6.07) is 17.6. The van der Waals surface area contributed by atoms with E-state index in [1.54, 1.807) is 12.1 Å². The molecular weight excluding hydrogens is 274 g/mol. The highest BCUT2D eigenvalue weighted by atomic mass is 16.3. The zero-order chi connectivity index (χ0) is 15.8. The van der Waals surface area contributed by atoms with Gasteiger partial charge in [-0.3, -0.25) is 0 Å². The Bertz CT molecular complexity index is 611. The predicted octanol–water partition coefficient (Wildman–Crippen LogP) is 3.21. The summed E-state index contributed by atoms with van der Waals surface area (Å²) < 4.78 is 0. The van der Waals surface area contributed by atoms with Crippen LogP contribution in [-0.4, -0.2) is 17.6 Å². The molecule has 22 heavy (non-hydrogen) atoms. The van der Waals surface area contributed by atoms with Crippen LogP contribution in [0.5, 0.6) is 5.75 Å². The first-order valence-electron chi connectivity index (χ1n) is 7.56. The summed E-state index contributed by atoms with van der Waals surface area (Å²) in [7, 11) is 0. The lowest BCUT2D eigenvalue weighted by Gasteiger charge is -2.18. The lowest BCUT2D eigenvalue weighted by molar-refractivity contribution is 0.474. The summed E-state index contributed by atoms with van der Waals surface area (Å²) in [5, 5.41) is 16.1. The van der Waals surface area contributed by atoms with Gasteiger partial charge in [0.25, 0.3) is 0 Å². The Kier molecular flexibility index (Phi) is 5.83. The second-order valence-corrected chi connectivity index (χ2v) is 5.14. The Morgan fingerprint density at radius 2 is 1.91 bits per heavy atom. The predicted molar refractivity (Wildman–Crippen MR) is 90.9 cm³/mol. The molecule has 4 nitrogen and oxygen atoms in total. The quantitative estimate of drug-likeness (QED) is 0.587. The molecule has 0 fully saturated rings. The zero-order valence-electron chi connectivity index (χ0n) is 13.1. The highest BCUT2D eigenvalue weighted by molar-refractivity contribution is 5.80. The van der Waals surface area contributed by atoms with E-state index in [2.05, 4.69) is 34.7 Å². The second kappa shape index (κ2) is 8.08. The number of rotatable bonds is 5. The minimum absolute atomic E-state index is 0.170. The van der Waals surface area contributed by atoms with Crippen LogP contribution < -0.4 is 10.6 Å². The molecule has 2 aromatic rings. The van der Waals surface area contributed by atoms with Crippen LogP contribution >= 0.6 is 0 Å². The average molecular weight is 297 g/mol. The van der Waals surface area contributed by atoms with Gasteiger partial charge in [-0.15, -0.1) is 0 Å². The number of nitrogens with one attached hydrogen (secondary N) is 2. The van der Waals surface area contributed by atoms with E-state index in [4.69, 9.17) is 0 Å². The van der Waals surface area contributed by atoms with Crippen molar-refractivity contribution in [2.75, 3.05) is 6.54 Å². The maximum atomic E-state index is 9.50. The molecule has 2 aromatic carbocycles. The Morgan fingerprint density at radius 1 is 1.14 bits per heavy atom. The van der Waals surface area contributed by atoms with Gasteiger partial charge in [-0.2, -0.15) is 0 Å². The van der Waals surface area contributed by atoms with Gasteiger partial charge in [0.15, 0.2) is 5.96 Å². The third-order valence-electron chi connectivity index (χ3n) is 3.33. The number of hydrogen-bond donors (Lipinski definition) is 3. The fourth-order valence-corrected chi connectivity index (χ4v) is 2.18. The van der Waals surface area contributed by atoms with E-state index >= 15 is 0 Å². The summed E-state index contributed by atoms with van der Waals surface area (Å²) in [6.45, 7) is 5.47. The van der Waals surface area contributed by atoms with Crippen LogP contribution in [0.25, 0.3) is 0 Å². The number of guanidine groups is 1. The lowest BCUT2D eigenvalue weighted by atomic mass is 10.1. The monoisotopic (exact) mass is 297 g/mol. The van der Waals surface area contributed by atoms with Crippen LogP contribution in [0.15, 0.2) is 59.6 Å². The maximum Gasteiger partial charge on any atom is 0.192 e. The van der Waals surface area contributed by atoms with Gasteiger partial charge in [-0.1, -0.05) is 42.5 Å². The maximum absolute atomic E-state index is 9.50. The number of nitrogens with zero attached hydrogens (tertiary/aromatic N) is 1. The number of hydrogen-bond acceptors (Lipinski definition) is 2. The zero-order valence-corrected chi connectivity index (χ0v) is 13.1. The third-order valence-corrected chi connectivity index (χ3v) is 3.33. The first kappa shape index (κ1) is 15.9. The molecule has 0 aromatic heterocycles. The van der Waals surface area contributed by atoms with E-state index in [1.165, 1.54) is 5.56 Å². The van der Waals surface area contributed by atoms with Crippen LogP contribution in [0.3, 0.4) is 0 Å². The summed E-state index contributed by atoms with van der Waals surface area (Å²) in [6.07, 6.45) is 0. The average Bonchev–Trinajstić information content (AvgIpc) is 2.54. The van der Waals surface area contributed by atoms with Gasteiger partial charge in [0, 0.05) is 6.54 Å². The molecule has 1 atom stereocenters. The minimum atomic E-state index is 0.170. The summed E-state index contributed by atoms with van der Waals surface area (Å²) in [5.74, 6) is 1.03. The van der Waals surface area contributed by atoms with Crippen molar-refractivity contribution in [1.29, 1.82) is 0 Å². The molecule has 0 saturated heterocycles. The lowest BCUT2D eigenvalue weighted by Crippen LogP contribution is -2.38. The number of phenols is 1. The molecule has 2 rings (SSSR count). The van der Waals surface area contributed by atoms with Crippen molar-refractivity contribution >= 4 is 5.96 Å². The van der Waals surface area contributed by atoms with Crippen molar-refractivity contribution in [3.05, 3.63) is 65.7 Å². The molecule has 3 N–H and O–H groups in total. The summed E-state index contributed by atoms with van der Waals surface area (Å²) in [5.41, 5.74) is 2.19. The molecule has 0 aliphatic heterocycles. The van der Waals surface area contributed by atoms with Gasteiger partial charge < -0.3 is 15.7 Å². The molecule has 116 valence electrons. The van der Waals surface area contributed by atoms with E-state index in [-0.39, 0.29) is 11.8 Å². The molecule has 1 unspecified atom stereocenters. The molecular formula is C18H23N3O. The molecule has 4 heteroatoms. The van der Waals surface area contributed by atoms with Crippen molar-refractivity contribution in [2.24, 2.45) is 4.99 Å². The van der Waals surface area contributed by atoms with Gasteiger partial charge in [0.2, 0.25) is 0 Å². The number of aromatic hydroxyl groups is 1. The third kappa shape index (κ3) is 4.81. The van der Waals surface area contributed by atoms with E-state index < -0.39 is 0 Å². The first-order chi connectivity index (χ1) is 10.7. The number of phenolic OH excluding ortho intramolecular Hbond substituents is 1. The summed E-state index contributed by atoms with van der Waals surface area (Å²) in [4.78, 5) is 4.57. The second-order valence-electron chi connectivity index (χ2n) is 5.14. The molecule has 0 saturated carbocycles. The van der Waals surface area contributed by atoms with Crippen molar-refractivity contribution in [2.45, 2.75) is 26.4 Å². The van der Waals surface area contributed by atoms with Crippen LogP contribution in [0.4, 0.5) is 0 Å². The van der Waals surface area contributed by atoms with Gasteiger partial charge >= 0.3 is 0 Å². The van der Waals surface area contributed by atoms with E-state index in [9.17, 15) is 5.11 Å². The van der Waals surface area contributed by atoms with E-state index in [0.29, 0.717) is 6.54 Å². The van der Waals surface area contributed by atoms with Crippen molar-refractivity contribution in [3.63, 3.8) is 0 Å². The topological polar surface area (TPSA) is 56.7 Å². The Hall–Kier alpha value is -2.49. The molecule has 0 amide bonds. The first-order valence-corrected chi connectivity index (χ1v) is 7.56. The fraction of sp³-hybridized carbons (Fsp3) is 0.278. The van der Waals surface area contributed by atoms with Crippen molar-refractivity contribution < 1.29 is 5.11 Å².